The molecule has 5 atom stereocenters. The SMILES string of the molecule is CCOc1nc(N)nc2c1ncn2[C@](C)(O)[C@H](O)[C@@](CF)(COP(=O)(NC(C)C(=O)OC1CCCCC1)Oc1ccccc1)OC. The number of fused-ring (bicyclic) bond motifs is 1. The Morgan fingerprint density at radius 2 is 1.93 bits per heavy atom. The number of rotatable bonds is 16. The number of ether oxygens (including phenoxy) is 3. The minimum absolute atomic E-state index is 0.0187. The molecule has 46 heavy (non-hydrogen) atoms. The number of carbonyl (C=O) groups excluding carboxylic acids is 1. The number of nitrogens with zero attached hydrogens (tertiary/aromatic N) is 4. The highest BCUT2D eigenvalue weighted by Crippen LogP contribution is 2.47. The number of hydrogen-bond acceptors (Lipinski definition) is 13. The first-order chi connectivity index (χ1) is 21.9. The number of methoxy groups -OCH3 is 1. The largest absolute Gasteiger partial charge is 0.476 e. The van der Waals surface area contributed by atoms with Gasteiger partial charge in [0.2, 0.25) is 11.8 Å². The summed E-state index contributed by atoms with van der Waals surface area (Å²) in [6, 6.07) is 6.83. The average Bonchev–Trinajstić information content (AvgIpc) is 3.47. The lowest BCUT2D eigenvalue weighted by Crippen LogP contribution is -2.60. The van der Waals surface area contributed by atoms with Crippen molar-refractivity contribution in [1.29, 1.82) is 0 Å². The van der Waals surface area contributed by atoms with Crippen LogP contribution in [0.4, 0.5) is 10.3 Å². The van der Waals surface area contributed by atoms with Crippen molar-refractivity contribution in [2.75, 3.05) is 32.7 Å². The van der Waals surface area contributed by atoms with Crippen LogP contribution in [0.25, 0.3) is 11.2 Å². The van der Waals surface area contributed by atoms with Crippen LogP contribution in [0.15, 0.2) is 36.7 Å². The first-order valence-corrected chi connectivity index (χ1v) is 16.5. The molecule has 1 saturated carbocycles. The van der Waals surface area contributed by atoms with Crippen molar-refractivity contribution in [3.8, 4) is 11.6 Å². The number of para-hydroxylation sites is 1. The van der Waals surface area contributed by atoms with Crippen LogP contribution in [0, 0.1) is 0 Å². The van der Waals surface area contributed by atoms with Crippen LogP contribution in [-0.2, 0) is 29.1 Å². The molecule has 1 fully saturated rings. The Bertz CT molecular complexity index is 1500. The number of nitrogens with two attached hydrogens (primary N) is 1. The lowest BCUT2D eigenvalue weighted by molar-refractivity contribution is -0.224. The fourth-order valence-corrected chi connectivity index (χ4v) is 6.70. The van der Waals surface area contributed by atoms with Gasteiger partial charge in [-0.05, 0) is 58.6 Å². The van der Waals surface area contributed by atoms with Gasteiger partial charge in [0.05, 0.1) is 19.5 Å². The minimum atomic E-state index is -4.50. The van der Waals surface area contributed by atoms with E-state index < -0.39 is 50.5 Å². The Kier molecular flexibility index (Phi) is 11.6. The van der Waals surface area contributed by atoms with E-state index in [1.54, 1.807) is 25.1 Å². The molecular weight excluding hydrogens is 626 g/mol. The van der Waals surface area contributed by atoms with E-state index in [1.165, 1.54) is 26.0 Å². The molecule has 0 saturated heterocycles. The Morgan fingerprint density at radius 3 is 2.57 bits per heavy atom. The van der Waals surface area contributed by atoms with Gasteiger partial charge >= 0.3 is 13.7 Å². The number of imidazole rings is 1. The third-order valence-electron chi connectivity index (χ3n) is 7.79. The zero-order valence-electron chi connectivity index (χ0n) is 26.3. The summed E-state index contributed by atoms with van der Waals surface area (Å²) in [7, 11) is -3.42. The van der Waals surface area contributed by atoms with Crippen molar-refractivity contribution in [3.05, 3.63) is 36.7 Å². The van der Waals surface area contributed by atoms with Crippen molar-refractivity contribution >= 4 is 30.8 Å². The summed E-state index contributed by atoms with van der Waals surface area (Å²) in [5.74, 6) is -0.703. The van der Waals surface area contributed by atoms with Gasteiger partial charge in [-0.1, -0.05) is 24.6 Å². The number of aromatic nitrogens is 4. The number of esters is 1. The highest BCUT2D eigenvalue weighted by Gasteiger charge is 2.52. The molecule has 0 spiro atoms. The van der Waals surface area contributed by atoms with Crippen molar-refractivity contribution in [3.63, 3.8) is 0 Å². The second-order valence-electron chi connectivity index (χ2n) is 11.2. The minimum Gasteiger partial charge on any atom is -0.476 e. The van der Waals surface area contributed by atoms with E-state index in [2.05, 4.69) is 20.0 Å². The fourth-order valence-electron chi connectivity index (χ4n) is 5.15. The van der Waals surface area contributed by atoms with Crippen molar-refractivity contribution in [1.82, 2.24) is 24.6 Å². The number of alkyl halides is 1. The lowest BCUT2D eigenvalue weighted by Gasteiger charge is -2.42. The van der Waals surface area contributed by atoms with Gasteiger partial charge in [-0.15, -0.1) is 0 Å². The smallest absolute Gasteiger partial charge is 0.459 e. The van der Waals surface area contributed by atoms with E-state index in [0.717, 1.165) is 50.1 Å². The van der Waals surface area contributed by atoms with E-state index in [0.29, 0.717) is 0 Å². The number of carbonyl (C=O) groups is 1. The van der Waals surface area contributed by atoms with Crippen LogP contribution in [0.2, 0.25) is 0 Å². The summed E-state index contributed by atoms with van der Waals surface area (Å²) in [5.41, 5.74) is 1.25. The number of aliphatic hydroxyl groups is 2. The maximum absolute atomic E-state index is 14.9. The number of nitrogens with one attached hydrogen (secondary N) is 1. The fraction of sp³-hybridized carbons (Fsp3) is 0.586. The van der Waals surface area contributed by atoms with Crippen LogP contribution in [0.5, 0.6) is 11.6 Å². The zero-order valence-corrected chi connectivity index (χ0v) is 27.2. The summed E-state index contributed by atoms with van der Waals surface area (Å²) < 4.78 is 58.0. The van der Waals surface area contributed by atoms with Gasteiger partial charge in [-0.2, -0.15) is 15.1 Å². The number of nitrogen functional groups attached to an aromatic ring is 1. The third kappa shape index (κ3) is 7.93. The summed E-state index contributed by atoms with van der Waals surface area (Å²) in [4.78, 5) is 25.2. The molecule has 1 aliphatic rings. The molecule has 15 nitrogen and oxygen atoms in total. The van der Waals surface area contributed by atoms with Crippen LogP contribution < -0.4 is 20.1 Å². The molecule has 17 heteroatoms. The highest BCUT2D eigenvalue weighted by molar-refractivity contribution is 7.52. The lowest BCUT2D eigenvalue weighted by atomic mass is 9.90. The van der Waals surface area contributed by atoms with Crippen LogP contribution in [0.3, 0.4) is 0 Å². The molecule has 3 aromatic rings. The first kappa shape index (κ1) is 35.5. The van der Waals surface area contributed by atoms with Crippen LogP contribution >= 0.6 is 7.75 Å². The third-order valence-corrected chi connectivity index (χ3v) is 9.41. The molecule has 0 bridgehead atoms. The molecule has 2 aromatic heterocycles. The molecule has 254 valence electrons. The molecule has 2 heterocycles. The number of benzene rings is 1. The molecule has 1 aliphatic carbocycles. The monoisotopic (exact) mass is 668 g/mol. The number of anilines is 1. The van der Waals surface area contributed by atoms with Crippen molar-refractivity contribution in [2.24, 2.45) is 0 Å². The van der Waals surface area contributed by atoms with Crippen LogP contribution in [-0.4, -0.2) is 86.6 Å². The summed E-state index contributed by atoms with van der Waals surface area (Å²) in [6.45, 7) is 2.24. The van der Waals surface area contributed by atoms with Gasteiger partial charge < -0.3 is 34.7 Å². The summed E-state index contributed by atoms with van der Waals surface area (Å²) >= 11 is 0. The molecular formula is C29H42FN6O9P. The standard InChI is InChI=1S/C29H42FN6O9P/c1-5-42-24-22-23(33-27(31)34-24)36(18-32-22)28(3,39)26(38)29(16-30,41-4)17-43-46(40,45-21-14-10-7-11-15-21)35-19(2)25(37)44-20-12-8-6-9-13-20/h7,10-11,14-15,18-20,26,38-39H,5-6,8-9,12-13,16-17H2,1-4H3,(H,35,40)(H2,31,33,34)/t19?,26-,28+,29+,46?/m0/s1. The zero-order chi connectivity index (χ0) is 33.5. The van der Waals surface area contributed by atoms with Gasteiger partial charge in [0, 0.05) is 7.11 Å². The quantitative estimate of drug-likeness (QED) is 0.128. The van der Waals surface area contributed by atoms with Gasteiger partial charge in [-0.25, -0.2) is 13.9 Å². The van der Waals surface area contributed by atoms with E-state index in [-0.39, 0.29) is 41.5 Å². The summed E-state index contributed by atoms with van der Waals surface area (Å²) in [6.07, 6.45) is 3.21. The van der Waals surface area contributed by atoms with Crippen LogP contribution in [0.1, 0.15) is 52.9 Å². The second-order valence-corrected chi connectivity index (χ2v) is 12.9. The Hall–Kier alpha value is -3.40. The summed E-state index contributed by atoms with van der Waals surface area (Å²) in [5, 5.41) is 25.7. The molecule has 2 unspecified atom stereocenters. The van der Waals surface area contributed by atoms with Crippen molar-refractivity contribution in [2.45, 2.75) is 82.5 Å². The molecule has 0 aliphatic heterocycles. The molecule has 1 aromatic carbocycles. The Labute approximate surface area is 266 Å². The van der Waals surface area contributed by atoms with E-state index in [1.807, 2.05) is 0 Å². The first-order valence-electron chi connectivity index (χ1n) is 15.0. The van der Waals surface area contributed by atoms with Gasteiger partial charge in [-0.3, -0.25) is 13.9 Å². The normalized spacial score (nSPS) is 19.4. The Morgan fingerprint density at radius 1 is 1.24 bits per heavy atom. The predicted molar refractivity (Wildman–Crippen MR) is 165 cm³/mol. The van der Waals surface area contributed by atoms with Crippen molar-refractivity contribution < 1.29 is 47.2 Å². The molecule has 5 N–H and O–H groups in total. The number of halogens is 1. The van der Waals surface area contributed by atoms with E-state index in [4.69, 9.17) is 29.0 Å². The maximum Gasteiger partial charge on any atom is 0.459 e. The maximum atomic E-state index is 14.9. The van der Waals surface area contributed by atoms with Gasteiger partial charge in [0.25, 0.3) is 0 Å². The van der Waals surface area contributed by atoms with Gasteiger partial charge in [0.1, 0.15) is 30.7 Å². The molecule has 0 amide bonds. The highest BCUT2D eigenvalue weighted by atomic mass is 31.2. The molecule has 0 radical (unpaired) electrons. The number of hydrogen-bond donors (Lipinski definition) is 4. The predicted octanol–water partition coefficient (Wildman–Crippen LogP) is 3.25. The van der Waals surface area contributed by atoms with Gasteiger partial charge in [0.15, 0.2) is 22.5 Å². The second kappa shape index (κ2) is 15.0. The van der Waals surface area contributed by atoms with E-state index in [9.17, 15) is 24.0 Å². The topological polar surface area (TPSA) is 202 Å². The Balaban J connectivity index is 1.60. The average molecular weight is 669 g/mol. The number of aliphatic hydroxyl groups excluding tert-OH is 1. The van der Waals surface area contributed by atoms with E-state index >= 15 is 0 Å². The molecule has 4 rings (SSSR count).